The number of ketones is 3. The lowest BCUT2D eigenvalue weighted by atomic mass is 9.52. The standard InChI is InChI=1S/C31H36N4O7/c1-14(36)33-17-8-6-7-15(9-17)18-12-22(34(2)3)19-10-16-11-21-25(35(4)5)27(38)20(30(32)41)13-31(21,42)29(40)23(16)28(39)24(19)26(18)37/h6-9,12,16,20-21,23,25,37,42H,10-11,13H2,1-5H3,(H2,32,41)(H,33,36). The largest absolute Gasteiger partial charge is 0.507 e. The lowest BCUT2D eigenvalue weighted by Crippen LogP contribution is -2.69. The minimum Gasteiger partial charge on any atom is -0.507 e. The minimum atomic E-state index is -2.11. The van der Waals surface area contributed by atoms with Crippen molar-refractivity contribution in [1.29, 1.82) is 0 Å². The lowest BCUT2D eigenvalue weighted by Gasteiger charge is -2.53. The van der Waals surface area contributed by atoms with E-state index in [1.54, 1.807) is 49.3 Å². The van der Waals surface area contributed by atoms with Crippen LogP contribution in [0.15, 0.2) is 30.3 Å². The Morgan fingerprint density at radius 3 is 2.38 bits per heavy atom. The molecule has 6 unspecified atom stereocenters. The van der Waals surface area contributed by atoms with Gasteiger partial charge < -0.3 is 26.2 Å². The number of phenolic OH excluding ortho intramolecular Hbond substituents is 1. The summed E-state index contributed by atoms with van der Waals surface area (Å²) in [5.41, 5.74) is 6.10. The van der Waals surface area contributed by atoms with Gasteiger partial charge in [0.25, 0.3) is 0 Å². The average Bonchev–Trinajstić information content (AvgIpc) is 2.89. The summed E-state index contributed by atoms with van der Waals surface area (Å²) in [6, 6.07) is 7.69. The van der Waals surface area contributed by atoms with Crippen LogP contribution in [-0.4, -0.2) is 84.1 Å². The molecule has 2 aromatic rings. The topological polar surface area (TPSA) is 170 Å². The molecule has 42 heavy (non-hydrogen) atoms. The van der Waals surface area contributed by atoms with Gasteiger partial charge in [0.15, 0.2) is 17.3 Å². The van der Waals surface area contributed by atoms with Crippen molar-refractivity contribution in [1.82, 2.24) is 4.90 Å². The second-order valence-electron chi connectivity index (χ2n) is 12.2. The number of phenols is 1. The normalized spacial score (nSPS) is 28.5. The highest BCUT2D eigenvalue weighted by Crippen LogP contribution is 2.53. The number of rotatable bonds is 5. The monoisotopic (exact) mass is 576 g/mol. The third kappa shape index (κ3) is 4.47. The van der Waals surface area contributed by atoms with Crippen LogP contribution >= 0.6 is 0 Å². The molecule has 2 fully saturated rings. The molecular weight excluding hydrogens is 540 g/mol. The van der Waals surface area contributed by atoms with Crippen LogP contribution in [0.5, 0.6) is 5.75 Å². The second kappa shape index (κ2) is 10.3. The molecule has 5 N–H and O–H groups in total. The van der Waals surface area contributed by atoms with Gasteiger partial charge in [0.2, 0.25) is 11.8 Å². The van der Waals surface area contributed by atoms with Crippen LogP contribution < -0.4 is 16.0 Å². The van der Waals surface area contributed by atoms with Crippen molar-refractivity contribution in [3.63, 3.8) is 0 Å². The predicted molar refractivity (Wildman–Crippen MR) is 155 cm³/mol. The van der Waals surface area contributed by atoms with Crippen LogP contribution in [0, 0.1) is 23.7 Å². The van der Waals surface area contributed by atoms with E-state index in [4.69, 9.17) is 5.73 Å². The number of primary amides is 1. The van der Waals surface area contributed by atoms with Gasteiger partial charge in [0.1, 0.15) is 17.3 Å². The molecule has 6 atom stereocenters. The molecule has 0 aliphatic heterocycles. The highest BCUT2D eigenvalue weighted by atomic mass is 16.3. The van der Waals surface area contributed by atoms with Gasteiger partial charge in [-0.2, -0.15) is 0 Å². The van der Waals surface area contributed by atoms with E-state index < -0.39 is 65.0 Å². The van der Waals surface area contributed by atoms with E-state index in [2.05, 4.69) is 5.32 Å². The molecular formula is C31H36N4O7. The minimum absolute atomic E-state index is 0.0141. The molecule has 0 bridgehead atoms. The van der Waals surface area contributed by atoms with Crippen molar-refractivity contribution in [3.8, 4) is 16.9 Å². The van der Waals surface area contributed by atoms with Gasteiger partial charge >= 0.3 is 0 Å². The highest BCUT2D eigenvalue weighted by Gasteiger charge is 2.64. The summed E-state index contributed by atoms with van der Waals surface area (Å²) in [5, 5.41) is 26.1. The van der Waals surface area contributed by atoms with Gasteiger partial charge in [-0.15, -0.1) is 0 Å². The number of benzene rings is 2. The summed E-state index contributed by atoms with van der Waals surface area (Å²) >= 11 is 0. The number of aromatic hydroxyl groups is 1. The summed E-state index contributed by atoms with van der Waals surface area (Å²) in [5.74, 6) is -7.22. The Morgan fingerprint density at radius 2 is 1.79 bits per heavy atom. The number of fused-ring (bicyclic) bond motifs is 3. The summed E-state index contributed by atoms with van der Waals surface area (Å²) in [6.07, 6.45) is 0.000501. The number of likely N-dealkylation sites (N-methyl/N-ethyl adjacent to an activating group) is 1. The van der Waals surface area contributed by atoms with Gasteiger partial charge in [0, 0.05) is 50.3 Å². The Kier molecular flexibility index (Phi) is 7.23. The zero-order valence-electron chi connectivity index (χ0n) is 24.3. The van der Waals surface area contributed by atoms with Crippen molar-refractivity contribution < 1.29 is 34.2 Å². The Labute approximate surface area is 243 Å². The molecule has 3 aliphatic carbocycles. The number of hydrogen-bond acceptors (Lipinski definition) is 9. The third-order valence-corrected chi connectivity index (χ3v) is 9.14. The number of nitrogens with one attached hydrogen (secondary N) is 1. The number of hydrogen-bond donors (Lipinski definition) is 4. The number of carbonyl (C=O) groups is 5. The molecule has 5 rings (SSSR count). The van der Waals surface area contributed by atoms with Gasteiger partial charge in [-0.25, -0.2) is 0 Å². The first-order valence-corrected chi connectivity index (χ1v) is 13.9. The first-order chi connectivity index (χ1) is 19.7. The molecule has 0 radical (unpaired) electrons. The van der Waals surface area contributed by atoms with Crippen molar-refractivity contribution in [2.75, 3.05) is 38.4 Å². The number of nitrogens with two attached hydrogens (primary N) is 1. The van der Waals surface area contributed by atoms with E-state index in [1.807, 2.05) is 19.0 Å². The molecule has 2 aromatic carbocycles. The number of anilines is 2. The molecule has 0 heterocycles. The molecule has 2 amide bonds. The smallest absolute Gasteiger partial charge is 0.228 e. The van der Waals surface area contributed by atoms with Crippen molar-refractivity contribution in [2.24, 2.45) is 29.4 Å². The Hall–Kier alpha value is -4.09. The van der Waals surface area contributed by atoms with Crippen LogP contribution in [0.4, 0.5) is 11.4 Å². The van der Waals surface area contributed by atoms with E-state index >= 15 is 0 Å². The number of amides is 2. The van der Waals surface area contributed by atoms with Gasteiger partial charge in [-0.1, -0.05) is 12.1 Å². The van der Waals surface area contributed by atoms with Gasteiger partial charge in [-0.3, -0.25) is 28.9 Å². The van der Waals surface area contributed by atoms with E-state index in [-0.39, 0.29) is 30.1 Å². The second-order valence-corrected chi connectivity index (χ2v) is 12.2. The molecule has 11 nitrogen and oxygen atoms in total. The van der Waals surface area contributed by atoms with Crippen LogP contribution in [0.25, 0.3) is 11.1 Å². The highest BCUT2D eigenvalue weighted by molar-refractivity contribution is 6.18. The maximum absolute atomic E-state index is 14.2. The number of nitrogens with zero attached hydrogens (tertiary/aromatic N) is 2. The summed E-state index contributed by atoms with van der Waals surface area (Å²) in [7, 11) is 6.93. The Morgan fingerprint density at radius 1 is 1.10 bits per heavy atom. The fourth-order valence-electron chi connectivity index (χ4n) is 7.35. The summed E-state index contributed by atoms with van der Waals surface area (Å²) in [6.45, 7) is 1.39. The summed E-state index contributed by atoms with van der Waals surface area (Å²) in [4.78, 5) is 68.9. The van der Waals surface area contributed by atoms with Gasteiger partial charge in [-0.05, 0) is 62.2 Å². The van der Waals surface area contributed by atoms with Crippen LogP contribution in [0.1, 0.15) is 35.7 Å². The summed E-state index contributed by atoms with van der Waals surface area (Å²) < 4.78 is 0. The predicted octanol–water partition coefficient (Wildman–Crippen LogP) is 1.38. The number of carbonyl (C=O) groups excluding carboxylic acids is 5. The lowest BCUT2D eigenvalue weighted by molar-refractivity contribution is -0.176. The van der Waals surface area contributed by atoms with Crippen LogP contribution in [0.2, 0.25) is 0 Å². The molecule has 3 aliphatic rings. The molecule has 0 saturated heterocycles. The molecule has 0 spiro atoms. The van der Waals surface area contributed by atoms with Crippen molar-refractivity contribution in [2.45, 2.75) is 37.8 Å². The first-order valence-electron chi connectivity index (χ1n) is 13.9. The SMILES string of the molecule is CC(=O)Nc1cccc(-c2cc(N(C)C)c3c(c2O)C(=O)C2C(=O)C4(O)CC(C(N)=O)C(=O)C(N(C)C)C4CC2C3)c1. The fraction of sp³-hybridized carbons (Fsp3) is 0.452. The van der Waals surface area contributed by atoms with Gasteiger partial charge in [0.05, 0.1) is 17.5 Å². The van der Waals surface area contributed by atoms with E-state index in [0.29, 0.717) is 28.1 Å². The quantitative estimate of drug-likeness (QED) is 0.384. The maximum atomic E-state index is 14.2. The maximum Gasteiger partial charge on any atom is 0.228 e. The van der Waals surface area contributed by atoms with E-state index in [1.165, 1.54) is 6.92 Å². The molecule has 11 heteroatoms. The third-order valence-electron chi connectivity index (χ3n) is 9.14. The number of Topliss-reactive ketones (excluding diaryl/α,β-unsaturated/α-hetero) is 3. The zero-order valence-corrected chi connectivity index (χ0v) is 24.3. The van der Waals surface area contributed by atoms with Crippen molar-refractivity contribution in [3.05, 3.63) is 41.5 Å². The Balaban J connectivity index is 1.64. The number of aliphatic hydroxyl groups is 1. The molecule has 2 saturated carbocycles. The molecule has 0 aromatic heterocycles. The van der Waals surface area contributed by atoms with E-state index in [0.717, 1.165) is 0 Å². The van der Waals surface area contributed by atoms with Crippen LogP contribution in [-0.2, 0) is 25.6 Å². The van der Waals surface area contributed by atoms with E-state index in [9.17, 15) is 34.2 Å². The Bertz CT molecular complexity index is 1530. The zero-order chi connectivity index (χ0) is 30.8. The van der Waals surface area contributed by atoms with Crippen LogP contribution in [0.3, 0.4) is 0 Å². The fourth-order valence-corrected chi connectivity index (χ4v) is 7.35. The van der Waals surface area contributed by atoms with Crippen molar-refractivity contribution >= 4 is 40.5 Å². The first kappa shape index (κ1) is 29.4. The average molecular weight is 577 g/mol. The molecule has 222 valence electrons.